The van der Waals surface area contributed by atoms with Crippen molar-refractivity contribution in [3.8, 4) is 0 Å². The molecule has 3 rings (SSSR count). The van der Waals surface area contributed by atoms with Crippen LogP contribution < -0.4 is 5.56 Å². The number of piperidine rings is 1. The zero-order chi connectivity index (χ0) is 16.8. The van der Waals surface area contributed by atoms with E-state index in [2.05, 4.69) is 46.1 Å². The lowest BCUT2D eigenvalue weighted by molar-refractivity contribution is 0.219. The van der Waals surface area contributed by atoms with Crippen LogP contribution >= 0.6 is 11.8 Å². The molecule has 1 aromatic carbocycles. The van der Waals surface area contributed by atoms with E-state index in [1.54, 1.807) is 18.0 Å². The highest BCUT2D eigenvalue weighted by Crippen LogP contribution is 2.19. The van der Waals surface area contributed by atoms with Crippen LogP contribution in [0.3, 0.4) is 0 Å². The highest BCUT2D eigenvalue weighted by molar-refractivity contribution is 7.98. The van der Waals surface area contributed by atoms with Crippen LogP contribution in [0.4, 0.5) is 0 Å². The SMILES string of the molecule is CCc1ccc(CSc2ncc(CN3CCCCC3)c(=O)[nH]2)cc1. The lowest BCUT2D eigenvalue weighted by atomic mass is 10.1. The van der Waals surface area contributed by atoms with E-state index in [4.69, 9.17) is 0 Å². The summed E-state index contributed by atoms with van der Waals surface area (Å²) in [4.78, 5) is 22.0. The minimum atomic E-state index is -0.000551. The van der Waals surface area contributed by atoms with Gasteiger partial charge in [0.15, 0.2) is 5.16 Å². The number of hydrogen-bond donors (Lipinski definition) is 1. The van der Waals surface area contributed by atoms with Crippen molar-refractivity contribution in [2.24, 2.45) is 0 Å². The second kappa shape index (κ2) is 8.49. The Labute approximate surface area is 147 Å². The molecule has 1 saturated heterocycles. The Hall–Kier alpha value is -1.59. The molecule has 0 amide bonds. The summed E-state index contributed by atoms with van der Waals surface area (Å²) in [5.41, 5.74) is 3.36. The molecule has 0 bridgehead atoms. The molecule has 0 unspecified atom stereocenters. The monoisotopic (exact) mass is 343 g/mol. The molecule has 1 aromatic heterocycles. The van der Waals surface area contributed by atoms with E-state index in [9.17, 15) is 4.79 Å². The summed E-state index contributed by atoms with van der Waals surface area (Å²) < 4.78 is 0. The third-order valence-corrected chi connectivity index (χ3v) is 5.46. The number of H-pyrrole nitrogens is 1. The molecule has 0 radical (unpaired) electrons. The molecule has 1 N–H and O–H groups in total. The third kappa shape index (κ3) is 4.71. The third-order valence-electron chi connectivity index (χ3n) is 4.50. The number of hydrogen-bond acceptors (Lipinski definition) is 4. The number of likely N-dealkylation sites (tertiary alicyclic amines) is 1. The van der Waals surface area contributed by atoms with Gasteiger partial charge in [0, 0.05) is 24.1 Å². The van der Waals surface area contributed by atoms with Gasteiger partial charge in [-0.15, -0.1) is 0 Å². The Morgan fingerprint density at radius 3 is 2.50 bits per heavy atom. The molecule has 0 aliphatic carbocycles. The maximum Gasteiger partial charge on any atom is 0.256 e. The zero-order valence-corrected chi connectivity index (χ0v) is 15.1. The standard InChI is InChI=1S/C19H25N3OS/c1-2-15-6-8-16(9-7-15)14-24-19-20-12-17(18(23)21-19)13-22-10-4-3-5-11-22/h6-9,12H,2-5,10-11,13-14H2,1H3,(H,20,21,23). The average molecular weight is 343 g/mol. The average Bonchev–Trinajstić information content (AvgIpc) is 2.63. The maximum atomic E-state index is 12.3. The molecular formula is C19H25N3OS. The topological polar surface area (TPSA) is 49.0 Å². The minimum absolute atomic E-state index is 0.000551. The van der Waals surface area contributed by atoms with Crippen LogP contribution in [0.2, 0.25) is 0 Å². The van der Waals surface area contributed by atoms with Gasteiger partial charge in [-0.25, -0.2) is 4.98 Å². The smallest absolute Gasteiger partial charge is 0.256 e. The van der Waals surface area contributed by atoms with Crippen LogP contribution in [0.5, 0.6) is 0 Å². The van der Waals surface area contributed by atoms with Gasteiger partial charge in [-0.3, -0.25) is 9.69 Å². The van der Waals surface area contributed by atoms with Gasteiger partial charge in [-0.1, -0.05) is 49.4 Å². The van der Waals surface area contributed by atoms with Crippen LogP contribution in [0.1, 0.15) is 42.9 Å². The van der Waals surface area contributed by atoms with Crippen LogP contribution in [-0.2, 0) is 18.7 Å². The number of nitrogens with one attached hydrogen (secondary N) is 1. The van der Waals surface area contributed by atoms with Gasteiger partial charge in [-0.2, -0.15) is 0 Å². The van der Waals surface area contributed by atoms with Gasteiger partial charge in [0.05, 0.1) is 0 Å². The molecule has 1 fully saturated rings. The molecule has 5 heteroatoms. The first kappa shape index (κ1) is 17.2. The van der Waals surface area contributed by atoms with Crippen molar-refractivity contribution >= 4 is 11.8 Å². The van der Waals surface area contributed by atoms with Crippen molar-refractivity contribution in [2.75, 3.05) is 13.1 Å². The van der Waals surface area contributed by atoms with Crippen LogP contribution in [0.15, 0.2) is 40.4 Å². The second-order valence-corrected chi connectivity index (χ2v) is 7.30. The van der Waals surface area contributed by atoms with Gasteiger partial charge in [0.2, 0.25) is 0 Å². The largest absolute Gasteiger partial charge is 0.301 e. The lowest BCUT2D eigenvalue weighted by Crippen LogP contribution is -2.31. The second-order valence-electron chi connectivity index (χ2n) is 6.34. The summed E-state index contributed by atoms with van der Waals surface area (Å²) in [6.07, 6.45) is 6.57. The number of aryl methyl sites for hydroxylation is 1. The summed E-state index contributed by atoms with van der Waals surface area (Å²) in [5.74, 6) is 0.818. The van der Waals surface area contributed by atoms with E-state index in [0.717, 1.165) is 30.8 Å². The van der Waals surface area contributed by atoms with E-state index in [0.29, 0.717) is 11.7 Å². The molecule has 24 heavy (non-hydrogen) atoms. The number of aromatic nitrogens is 2. The number of benzene rings is 1. The van der Waals surface area contributed by atoms with E-state index >= 15 is 0 Å². The molecular weight excluding hydrogens is 318 g/mol. The molecule has 0 saturated carbocycles. The first-order chi connectivity index (χ1) is 11.7. The Balaban J connectivity index is 1.58. The Morgan fingerprint density at radius 2 is 1.83 bits per heavy atom. The van der Waals surface area contributed by atoms with Crippen molar-refractivity contribution in [2.45, 2.75) is 50.1 Å². The fourth-order valence-electron chi connectivity index (χ4n) is 2.97. The highest BCUT2D eigenvalue weighted by Gasteiger charge is 2.13. The van der Waals surface area contributed by atoms with Gasteiger partial charge < -0.3 is 4.98 Å². The van der Waals surface area contributed by atoms with Crippen molar-refractivity contribution in [3.05, 3.63) is 57.5 Å². The van der Waals surface area contributed by atoms with E-state index in [-0.39, 0.29) is 5.56 Å². The van der Waals surface area contributed by atoms with Gasteiger partial charge in [-0.05, 0) is 43.5 Å². The maximum absolute atomic E-state index is 12.3. The van der Waals surface area contributed by atoms with E-state index < -0.39 is 0 Å². The minimum Gasteiger partial charge on any atom is -0.301 e. The van der Waals surface area contributed by atoms with Crippen molar-refractivity contribution in [1.82, 2.24) is 14.9 Å². The van der Waals surface area contributed by atoms with Crippen molar-refractivity contribution in [3.63, 3.8) is 0 Å². The molecule has 4 nitrogen and oxygen atoms in total. The molecule has 128 valence electrons. The van der Waals surface area contributed by atoms with Gasteiger partial charge in [0.25, 0.3) is 5.56 Å². The Kier molecular flexibility index (Phi) is 6.10. The zero-order valence-electron chi connectivity index (χ0n) is 14.3. The van der Waals surface area contributed by atoms with Crippen molar-refractivity contribution < 1.29 is 0 Å². The van der Waals surface area contributed by atoms with Crippen molar-refractivity contribution in [1.29, 1.82) is 0 Å². The number of thioether (sulfide) groups is 1. The normalized spacial score (nSPS) is 15.5. The first-order valence-electron chi connectivity index (χ1n) is 8.76. The summed E-state index contributed by atoms with van der Waals surface area (Å²) in [7, 11) is 0. The number of rotatable bonds is 6. The van der Waals surface area contributed by atoms with Gasteiger partial charge in [0.1, 0.15) is 0 Å². The Morgan fingerprint density at radius 1 is 1.12 bits per heavy atom. The quantitative estimate of drug-likeness (QED) is 0.643. The van der Waals surface area contributed by atoms with E-state index in [1.165, 1.54) is 30.4 Å². The molecule has 1 aliphatic heterocycles. The molecule has 0 spiro atoms. The fraction of sp³-hybridized carbons (Fsp3) is 0.474. The van der Waals surface area contributed by atoms with Crippen LogP contribution in [-0.4, -0.2) is 28.0 Å². The predicted molar refractivity (Wildman–Crippen MR) is 99.4 cm³/mol. The predicted octanol–water partition coefficient (Wildman–Crippen LogP) is 3.61. The number of nitrogens with zero attached hydrogens (tertiary/aromatic N) is 2. The summed E-state index contributed by atoms with van der Waals surface area (Å²) in [6, 6.07) is 8.62. The van der Waals surface area contributed by atoms with Gasteiger partial charge >= 0.3 is 0 Å². The number of aromatic amines is 1. The highest BCUT2D eigenvalue weighted by atomic mass is 32.2. The summed E-state index contributed by atoms with van der Waals surface area (Å²) in [5, 5.41) is 0.696. The summed E-state index contributed by atoms with van der Waals surface area (Å²) >= 11 is 1.58. The molecule has 0 atom stereocenters. The van der Waals surface area contributed by atoms with Crippen LogP contribution in [0.25, 0.3) is 0 Å². The van der Waals surface area contributed by atoms with E-state index in [1.807, 2.05) is 0 Å². The first-order valence-corrected chi connectivity index (χ1v) is 9.74. The van der Waals surface area contributed by atoms with Crippen LogP contribution in [0, 0.1) is 0 Å². The fourth-order valence-corrected chi connectivity index (χ4v) is 3.76. The Bertz CT molecular complexity index is 705. The lowest BCUT2D eigenvalue weighted by Gasteiger charge is -2.25. The summed E-state index contributed by atoms with van der Waals surface area (Å²) in [6.45, 7) is 5.04. The molecule has 2 heterocycles. The molecule has 2 aromatic rings. The molecule has 1 aliphatic rings.